The van der Waals surface area contributed by atoms with Gasteiger partial charge >= 0.3 is 0 Å². The molecule has 0 radical (unpaired) electrons. The average molecular weight is 457 g/mol. The van der Waals surface area contributed by atoms with E-state index in [2.05, 4.69) is 16.3 Å². The number of hydrogen-bond acceptors (Lipinski definition) is 6. The molecule has 1 aliphatic rings. The van der Waals surface area contributed by atoms with Gasteiger partial charge in [0.25, 0.3) is 5.91 Å². The molecular formula is C23H28N4O4S. The lowest BCUT2D eigenvalue weighted by Crippen LogP contribution is -2.25. The summed E-state index contributed by atoms with van der Waals surface area (Å²) in [7, 11) is -0.748. The monoisotopic (exact) mass is 456 g/mol. The van der Waals surface area contributed by atoms with Gasteiger partial charge in [0.2, 0.25) is 10.0 Å². The van der Waals surface area contributed by atoms with Crippen LogP contribution in [0.3, 0.4) is 0 Å². The van der Waals surface area contributed by atoms with E-state index in [9.17, 15) is 13.2 Å². The van der Waals surface area contributed by atoms with E-state index in [1.807, 2.05) is 0 Å². The fraction of sp³-hybridized carbons (Fsp3) is 0.391. The first-order valence-electron chi connectivity index (χ1n) is 10.6. The van der Waals surface area contributed by atoms with E-state index in [4.69, 9.17) is 10.00 Å². The van der Waals surface area contributed by atoms with Crippen molar-refractivity contribution in [1.29, 1.82) is 5.26 Å². The van der Waals surface area contributed by atoms with E-state index in [1.165, 1.54) is 20.2 Å². The van der Waals surface area contributed by atoms with E-state index in [0.29, 0.717) is 36.4 Å². The highest BCUT2D eigenvalue weighted by Gasteiger charge is 2.24. The van der Waals surface area contributed by atoms with Crippen molar-refractivity contribution >= 4 is 27.3 Å². The number of nitrogens with one attached hydrogen (secondary N) is 1. The minimum Gasteiger partial charge on any atom is -0.493 e. The first-order valence-corrected chi connectivity index (χ1v) is 12.0. The van der Waals surface area contributed by atoms with Crippen molar-refractivity contribution in [1.82, 2.24) is 4.31 Å². The second-order valence-electron chi connectivity index (χ2n) is 7.75. The molecule has 1 N–H and O–H groups in total. The number of hydrogen-bond donors (Lipinski definition) is 1. The molecule has 0 bridgehead atoms. The highest BCUT2D eigenvalue weighted by molar-refractivity contribution is 7.89. The lowest BCUT2D eigenvalue weighted by molar-refractivity contribution is 0.102. The summed E-state index contributed by atoms with van der Waals surface area (Å²) in [6.07, 6.45) is 3.11. The van der Waals surface area contributed by atoms with Crippen LogP contribution < -0.4 is 15.0 Å². The number of unbranched alkanes of at least 4 members (excludes halogenated alkanes) is 1. The van der Waals surface area contributed by atoms with Gasteiger partial charge in [-0.1, -0.05) is 6.07 Å². The van der Waals surface area contributed by atoms with Crippen LogP contribution in [0.25, 0.3) is 0 Å². The van der Waals surface area contributed by atoms with Gasteiger partial charge in [-0.3, -0.25) is 4.79 Å². The number of nitrogens with zero attached hydrogens (tertiary/aromatic N) is 3. The van der Waals surface area contributed by atoms with Crippen molar-refractivity contribution in [2.45, 2.75) is 30.6 Å². The molecule has 9 heteroatoms. The van der Waals surface area contributed by atoms with E-state index >= 15 is 0 Å². The van der Waals surface area contributed by atoms with E-state index in [1.54, 1.807) is 36.4 Å². The van der Waals surface area contributed by atoms with Gasteiger partial charge in [0.15, 0.2) is 0 Å². The maximum absolute atomic E-state index is 13.2. The summed E-state index contributed by atoms with van der Waals surface area (Å²) in [4.78, 5) is 15.4. The quantitative estimate of drug-likeness (QED) is 0.580. The van der Waals surface area contributed by atoms with Gasteiger partial charge in [-0.2, -0.15) is 5.26 Å². The molecule has 32 heavy (non-hydrogen) atoms. The second-order valence-corrected chi connectivity index (χ2v) is 9.90. The topological polar surface area (TPSA) is 103 Å². The van der Waals surface area contributed by atoms with Crippen LogP contribution in [0.1, 0.15) is 36.0 Å². The third-order valence-corrected chi connectivity index (χ3v) is 7.04. The van der Waals surface area contributed by atoms with Gasteiger partial charge in [0, 0.05) is 51.0 Å². The number of rotatable bonds is 9. The van der Waals surface area contributed by atoms with Crippen molar-refractivity contribution in [2.75, 3.05) is 44.0 Å². The Balaban J connectivity index is 1.86. The van der Waals surface area contributed by atoms with Crippen LogP contribution in [0.2, 0.25) is 0 Å². The highest BCUT2D eigenvalue weighted by Crippen LogP contribution is 2.29. The lowest BCUT2D eigenvalue weighted by Gasteiger charge is -2.22. The number of amides is 1. The summed E-state index contributed by atoms with van der Waals surface area (Å²) in [6.45, 7) is 2.06. The van der Waals surface area contributed by atoms with Gasteiger partial charge in [0.1, 0.15) is 5.75 Å². The van der Waals surface area contributed by atoms with Crippen LogP contribution in [0.15, 0.2) is 47.4 Å². The highest BCUT2D eigenvalue weighted by atomic mass is 32.2. The van der Waals surface area contributed by atoms with Crippen LogP contribution in [0.5, 0.6) is 5.75 Å². The second kappa shape index (κ2) is 10.5. The normalized spacial score (nSPS) is 13.8. The van der Waals surface area contributed by atoms with E-state index in [0.717, 1.165) is 35.9 Å². The van der Waals surface area contributed by atoms with Gasteiger partial charge in [0.05, 0.1) is 23.1 Å². The SMILES string of the molecule is CN(C)S(=O)(=O)c1ccc(N2CCCC2)c(C(=O)Nc2cccc(OCCCC#N)c2)c1. The molecule has 0 saturated carbocycles. The smallest absolute Gasteiger partial charge is 0.257 e. The maximum Gasteiger partial charge on any atom is 0.257 e. The Labute approximate surface area is 189 Å². The predicted octanol–water partition coefficient (Wildman–Crippen LogP) is 3.47. The molecule has 3 rings (SSSR count). The predicted molar refractivity (Wildman–Crippen MR) is 123 cm³/mol. The molecule has 2 aromatic carbocycles. The standard InChI is InChI=1S/C23H28N4O4S/c1-26(2)32(29,30)20-10-11-22(27-13-4-5-14-27)21(17-20)23(28)25-18-8-7-9-19(16-18)31-15-6-3-12-24/h7-11,16-17H,3-6,13-15H2,1-2H3,(H,25,28). The number of ether oxygens (including phenoxy) is 1. The minimum absolute atomic E-state index is 0.0742. The molecule has 0 atom stereocenters. The molecule has 1 fully saturated rings. The molecule has 8 nitrogen and oxygen atoms in total. The van der Waals surface area contributed by atoms with Crippen LogP contribution in [0.4, 0.5) is 11.4 Å². The number of nitriles is 1. The van der Waals surface area contributed by atoms with Crippen LogP contribution in [0, 0.1) is 11.3 Å². The Morgan fingerprint density at radius 1 is 1.19 bits per heavy atom. The number of carbonyl (C=O) groups is 1. The van der Waals surface area contributed by atoms with Crippen molar-refractivity contribution in [3.05, 3.63) is 48.0 Å². The van der Waals surface area contributed by atoms with Crippen LogP contribution in [-0.4, -0.2) is 52.4 Å². The maximum atomic E-state index is 13.2. The number of benzene rings is 2. The fourth-order valence-corrected chi connectivity index (χ4v) is 4.43. The van der Waals surface area contributed by atoms with Crippen molar-refractivity contribution in [3.8, 4) is 11.8 Å². The lowest BCUT2D eigenvalue weighted by atomic mass is 10.1. The van der Waals surface area contributed by atoms with Gasteiger partial charge < -0.3 is 15.0 Å². The third-order valence-electron chi connectivity index (χ3n) is 5.23. The zero-order valence-corrected chi connectivity index (χ0v) is 19.2. The molecule has 1 saturated heterocycles. The average Bonchev–Trinajstić information content (AvgIpc) is 3.31. The third kappa shape index (κ3) is 5.58. The van der Waals surface area contributed by atoms with E-state index in [-0.39, 0.29) is 10.8 Å². The summed E-state index contributed by atoms with van der Waals surface area (Å²) in [5, 5.41) is 11.5. The Kier molecular flexibility index (Phi) is 7.72. The molecule has 2 aromatic rings. The number of carbonyl (C=O) groups excluding carboxylic acids is 1. The first-order chi connectivity index (χ1) is 15.3. The van der Waals surface area contributed by atoms with Crippen LogP contribution in [-0.2, 0) is 10.0 Å². The number of anilines is 2. The minimum atomic E-state index is -3.68. The van der Waals surface area contributed by atoms with E-state index < -0.39 is 10.0 Å². The Morgan fingerprint density at radius 2 is 1.94 bits per heavy atom. The Hall–Kier alpha value is -3.09. The summed E-state index contributed by atoms with van der Waals surface area (Å²) in [6, 6.07) is 13.8. The summed E-state index contributed by atoms with van der Waals surface area (Å²) >= 11 is 0. The molecule has 1 heterocycles. The van der Waals surface area contributed by atoms with Crippen molar-refractivity contribution in [2.24, 2.45) is 0 Å². The molecule has 170 valence electrons. The molecule has 0 aliphatic carbocycles. The van der Waals surface area contributed by atoms with Crippen LogP contribution >= 0.6 is 0 Å². The Bertz CT molecular complexity index is 1100. The molecule has 1 amide bonds. The fourth-order valence-electron chi connectivity index (χ4n) is 3.51. The Morgan fingerprint density at radius 3 is 2.62 bits per heavy atom. The zero-order valence-electron chi connectivity index (χ0n) is 18.4. The molecular weight excluding hydrogens is 428 g/mol. The van der Waals surface area contributed by atoms with Gasteiger partial charge in [-0.15, -0.1) is 0 Å². The summed E-state index contributed by atoms with van der Waals surface area (Å²) < 4.78 is 32.0. The van der Waals surface area contributed by atoms with Gasteiger partial charge in [-0.05, 0) is 49.6 Å². The zero-order chi connectivity index (χ0) is 23.1. The molecule has 0 spiro atoms. The first kappa shape index (κ1) is 23.6. The summed E-state index contributed by atoms with van der Waals surface area (Å²) in [5.74, 6) is 0.203. The largest absolute Gasteiger partial charge is 0.493 e. The van der Waals surface area contributed by atoms with Gasteiger partial charge in [-0.25, -0.2) is 12.7 Å². The molecule has 0 unspecified atom stereocenters. The van der Waals surface area contributed by atoms with Crippen molar-refractivity contribution in [3.63, 3.8) is 0 Å². The van der Waals surface area contributed by atoms with Crippen molar-refractivity contribution < 1.29 is 17.9 Å². The molecule has 0 aromatic heterocycles. The summed E-state index contributed by atoms with van der Waals surface area (Å²) in [5.41, 5.74) is 1.58. The number of sulfonamides is 1. The molecule has 1 aliphatic heterocycles.